The summed E-state index contributed by atoms with van der Waals surface area (Å²) in [6, 6.07) is -0.727. The number of hydrogen-bond donors (Lipinski definition) is 2. The fourth-order valence-electron chi connectivity index (χ4n) is 1.90. The van der Waals surface area contributed by atoms with Crippen molar-refractivity contribution in [2.45, 2.75) is 30.7 Å². The molecule has 0 aromatic rings. The van der Waals surface area contributed by atoms with E-state index in [1.807, 2.05) is 0 Å². The first-order valence-corrected chi connectivity index (χ1v) is 8.12. The van der Waals surface area contributed by atoms with Crippen LogP contribution in [0.15, 0.2) is 0 Å². The van der Waals surface area contributed by atoms with E-state index in [9.17, 15) is 9.46 Å². The van der Waals surface area contributed by atoms with Gasteiger partial charge in [0.25, 0.3) is 0 Å². The second-order valence-electron chi connectivity index (χ2n) is 4.45. The van der Waals surface area contributed by atoms with Crippen molar-refractivity contribution in [3.8, 4) is 0 Å². The van der Waals surface area contributed by atoms with E-state index in [-0.39, 0.29) is 6.61 Å². The maximum absolute atomic E-state index is 11.4. The third-order valence-corrected chi connectivity index (χ3v) is 3.29. The zero-order valence-electron chi connectivity index (χ0n) is 11.2. The van der Waals surface area contributed by atoms with Crippen LogP contribution in [0, 0.1) is 0 Å². The molecule has 110 valence electrons. The second kappa shape index (κ2) is 7.74. The highest BCUT2D eigenvalue weighted by atomic mass is 31.2. The Balaban J connectivity index is 2.70. The van der Waals surface area contributed by atoms with Gasteiger partial charge in [-0.1, -0.05) is 0 Å². The Morgan fingerprint density at radius 1 is 1.47 bits per heavy atom. The van der Waals surface area contributed by atoms with Gasteiger partial charge in [-0.05, 0) is 13.0 Å². The SMILES string of the molecule is [B][C@@H]1O[C@H](COC)[C@H](OP(C)(=O)O)C1OCCCN. The first-order valence-electron chi connectivity index (χ1n) is 6.09. The summed E-state index contributed by atoms with van der Waals surface area (Å²) in [6.45, 7) is 2.19. The van der Waals surface area contributed by atoms with Crippen LogP contribution in [0.3, 0.4) is 0 Å². The molecule has 3 N–H and O–H groups in total. The van der Waals surface area contributed by atoms with Gasteiger partial charge in [0, 0.05) is 26.4 Å². The summed E-state index contributed by atoms with van der Waals surface area (Å²) < 4.78 is 32.5. The van der Waals surface area contributed by atoms with Gasteiger partial charge in [0.1, 0.15) is 26.2 Å². The lowest BCUT2D eigenvalue weighted by atomic mass is 9.93. The van der Waals surface area contributed by atoms with Crippen LogP contribution in [0.25, 0.3) is 0 Å². The molecule has 19 heavy (non-hydrogen) atoms. The fourth-order valence-corrected chi connectivity index (χ4v) is 2.61. The molecule has 0 aromatic heterocycles. The van der Waals surface area contributed by atoms with Gasteiger partial charge < -0.3 is 24.8 Å². The van der Waals surface area contributed by atoms with Crippen molar-refractivity contribution in [3.05, 3.63) is 0 Å². The van der Waals surface area contributed by atoms with Gasteiger partial charge in [-0.3, -0.25) is 9.09 Å². The lowest BCUT2D eigenvalue weighted by Gasteiger charge is -2.25. The summed E-state index contributed by atoms with van der Waals surface area (Å²) in [6.07, 6.45) is -1.24. The molecule has 1 aliphatic heterocycles. The highest BCUT2D eigenvalue weighted by Crippen LogP contribution is 2.42. The molecule has 0 amide bonds. The van der Waals surface area contributed by atoms with E-state index in [0.29, 0.717) is 19.6 Å². The van der Waals surface area contributed by atoms with E-state index in [2.05, 4.69) is 0 Å². The first-order chi connectivity index (χ1) is 8.89. The fraction of sp³-hybridized carbons (Fsp3) is 1.00. The maximum Gasteiger partial charge on any atom is 0.325 e. The van der Waals surface area contributed by atoms with Crippen LogP contribution in [0.5, 0.6) is 0 Å². The lowest BCUT2D eigenvalue weighted by Crippen LogP contribution is -2.38. The molecule has 0 spiro atoms. The number of ether oxygens (including phenoxy) is 3. The summed E-state index contributed by atoms with van der Waals surface area (Å²) in [7, 11) is 3.63. The van der Waals surface area contributed by atoms with Crippen LogP contribution in [0.4, 0.5) is 0 Å². The molecule has 9 heteroatoms. The standard InChI is InChI=1S/C10H21BNO6P/c1-15-6-7-8(18-19(2,13)14)9(10(11)17-7)16-5-3-4-12/h7-10H,3-6,12H2,1-2H3,(H,13,14)/t7-,8+,9?,10-/m1/s1. The van der Waals surface area contributed by atoms with Crippen molar-refractivity contribution in [2.75, 3.05) is 33.5 Å². The summed E-state index contributed by atoms with van der Waals surface area (Å²) in [5, 5.41) is 0. The van der Waals surface area contributed by atoms with Gasteiger partial charge in [0.05, 0.1) is 6.61 Å². The molecule has 0 aromatic carbocycles. The quantitative estimate of drug-likeness (QED) is 0.352. The molecule has 1 aliphatic rings. The van der Waals surface area contributed by atoms with E-state index in [1.165, 1.54) is 7.11 Å². The third kappa shape index (κ3) is 5.51. The van der Waals surface area contributed by atoms with Gasteiger partial charge in [0.2, 0.25) is 0 Å². The van der Waals surface area contributed by atoms with Crippen molar-refractivity contribution >= 4 is 15.4 Å². The Hall–Kier alpha value is 0.0549. The second-order valence-corrected chi connectivity index (χ2v) is 6.26. The van der Waals surface area contributed by atoms with Crippen LogP contribution in [-0.4, -0.2) is 70.6 Å². The van der Waals surface area contributed by atoms with Gasteiger partial charge in [-0.15, -0.1) is 0 Å². The zero-order chi connectivity index (χ0) is 14.5. The summed E-state index contributed by atoms with van der Waals surface area (Å²) in [4.78, 5) is 9.36. The molecule has 1 heterocycles. The van der Waals surface area contributed by atoms with Crippen molar-refractivity contribution in [2.24, 2.45) is 5.73 Å². The molecule has 0 saturated carbocycles. The van der Waals surface area contributed by atoms with E-state index in [0.717, 1.165) is 6.66 Å². The number of methoxy groups -OCH3 is 1. The van der Waals surface area contributed by atoms with Crippen molar-refractivity contribution in [1.29, 1.82) is 0 Å². The van der Waals surface area contributed by atoms with Gasteiger partial charge in [-0.2, -0.15) is 0 Å². The number of nitrogens with two attached hydrogens (primary N) is 1. The van der Waals surface area contributed by atoms with Crippen LogP contribution >= 0.6 is 7.60 Å². The van der Waals surface area contributed by atoms with Crippen molar-refractivity contribution < 1.29 is 28.2 Å². The lowest BCUT2D eigenvalue weighted by molar-refractivity contribution is -0.0244. The third-order valence-electron chi connectivity index (χ3n) is 2.65. The molecule has 2 unspecified atom stereocenters. The van der Waals surface area contributed by atoms with Crippen LogP contribution < -0.4 is 5.73 Å². The summed E-state index contributed by atoms with van der Waals surface area (Å²) in [5.74, 6) is 0. The first kappa shape index (κ1) is 17.1. The van der Waals surface area contributed by atoms with Crippen molar-refractivity contribution in [1.82, 2.24) is 0 Å². The predicted molar refractivity (Wildman–Crippen MR) is 70.3 cm³/mol. The van der Waals surface area contributed by atoms with Crippen molar-refractivity contribution in [3.63, 3.8) is 0 Å². The van der Waals surface area contributed by atoms with Gasteiger partial charge >= 0.3 is 7.60 Å². The summed E-state index contributed by atoms with van der Waals surface area (Å²) in [5.41, 5.74) is 5.38. The molecule has 2 radical (unpaired) electrons. The Morgan fingerprint density at radius 3 is 2.68 bits per heavy atom. The Labute approximate surface area is 114 Å². The Kier molecular flexibility index (Phi) is 6.97. The molecule has 7 nitrogen and oxygen atoms in total. The molecule has 1 fully saturated rings. The minimum atomic E-state index is -3.67. The normalized spacial score (nSPS) is 34.3. The smallest absolute Gasteiger partial charge is 0.325 e. The molecule has 1 saturated heterocycles. The van der Waals surface area contributed by atoms with E-state index in [1.54, 1.807) is 0 Å². The van der Waals surface area contributed by atoms with Gasteiger partial charge in [-0.25, -0.2) is 0 Å². The molecule has 0 aliphatic carbocycles. The minimum Gasteiger partial charge on any atom is -0.382 e. The summed E-state index contributed by atoms with van der Waals surface area (Å²) >= 11 is 0. The highest BCUT2D eigenvalue weighted by molar-refractivity contribution is 7.51. The topological polar surface area (TPSA) is 100 Å². The molecule has 0 bridgehead atoms. The van der Waals surface area contributed by atoms with Crippen LogP contribution in [0.2, 0.25) is 0 Å². The number of rotatable bonds is 8. The number of hydrogen-bond acceptors (Lipinski definition) is 6. The van der Waals surface area contributed by atoms with Crippen LogP contribution in [0.1, 0.15) is 6.42 Å². The van der Waals surface area contributed by atoms with E-state index >= 15 is 0 Å². The maximum atomic E-state index is 11.4. The highest BCUT2D eigenvalue weighted by Gasteiger charge is 2.45. The molecule has 5 atom stereocenters. The van der Waals surface area contributed by atoms with E-state index < -0.39 is 31.9 Å². The minimum absolute atomic E-state index is 0.203. The zero-order valence-corrected chi connectivity index (χ0v) is 12.1. The Bertz CT molecular complexity index is 314. The molecular weight excluding hydrogens is 272 g/mol. The molecule has 1 rings (SSSR count). The Morgan fingerprint density at radius 2 is 2.16 bits per heavy atom. The monoisotopic (exact) mass is 293 g/mol. The van der Waals surface area contributed by atoms with Crippen LogP contribution in [-0.2, 0) is 23.3 Å². The average molecular weight is 293 g/mol. The molecular formula is C10H21BNO6P. The van der Waals surface area contributed by atoms with Gasteiger partial charge in [0.15, 0.2) is 0 Å². The largest absolute Gasteiger partial charge is 0.382 e. The predicted octanol–water partition coefficient (Wildman–Crippen LogP) is -0.539. The van der Waals surface area contributed by atoms with E-state index in [4.69, 9.17) is 32.3 Å². The average Bonchev–Trinajstić information content (AvgIpc) is 2.56.